The number of hydrogen-bond donors (Lipinski definition) is 0. The molecule has 122 valence electrons. The third-order valence-corrected chi connectivity index (χ3v) is 4.65. The highest BCUT2D eigenvalue weighted by molar-refractivity contribution is 5.51. The van der Waals surface area contributed by atoms with Crippen LogP contribution in [0.5, 0.6) is 0 Å². The predicted molar refractivity (Wildman–Crippen MR) is 93.3 cm³/mol. The molecule has 24 heavy (non-hydrogen) atoms. The molecule has 1 aliphatic rings. The Labute approximate surface area is 142 Å². The lowest BCUT2D eigenvalue weighted by Crippen LogP contribution is -2.31. The van der Waals surface area contributed by atoms with E-state index >= 15 is 0 Å². The van der Waals surface area contributed by atoms with Crippen molar-refractivity contribution in [2.24, 2.45) is 0 Å². The lowest BCUT2D eigenvalue weighted by Gasteiger charge is -2.22. The standard InChI is InChI=1S/C20H21N3O/c1-3-8-16(9-4-1)14-18-12-7-13-23(18)15-19-21-20(24-22-19)17-10-5-2-6-11-17/h1-6,8-11,18H,7,12-15H2/t18-/m0/s1. The van der Waals surface area contributed by atoms with E-state index in [4.69, 9.17) is 4.52 Å². The quantitative estimate of drug-likeness (QED) is 0.714. The molecule has 0 bridgehead atoms. The van der Waals surface area contributed by atoms with E-state index < -0.39 is 0 Å². The summed E-state index contributed by atoms with van der Waals surface area (Å²) in [6.07, 6.45) is 3.56. The van der Waals surface area contributed by atoms with E-state index in [2.05, 4.69) is 45.4 Å². The topological polar surface area (TPSA) is 42.2 Å². The van der Waals surface area contributed by atoms with Gasteiger partial charge in [-0.15, -0.1) is 0 Å². The smallest absolute Gasteiger partial charge is 0.257 e. The monoisotopic (exact) mass is 319 g/mol. The molecule has 1 aromatic heterocycles. The van der Waals surface area contributed by atoms with Crippen molar-refractivity contribution in [3.63, 3.8) is 0 Å². The first kappa shape index (κ1) is 15.1. The van der Waals surface area contributed by atoms with Crippen molar-refractivity contribution in [1.29, 1.82) is 0 Å². The Bertz CT molecular complexity index is 770. The molecule has 0 N–H and O–H groups in total. The van der Waals surface area contributed by atoms with E-state index in [0.29, 0.717) is 11.9 Å². The van der Waals surface area contributed by atoms with Crippen molar-refractivity contribution in [2.45, 2.75) is 31.8 Å². The Morgan fingerprint density at radius 3 is 2.54 bits per heavy atom. The van der Waals surface area contributed by atoms with Crippen molar-refractivity contribution >= 4 is 0 Å². The third kappa shape index (κ3) is 3.39. The maximum Gasteiger partial charge on any atom is 0.257 e. The van der Waals surface area contributed by atoms with Crippen LogP contribution < -0.4 is 0 Å². The number of benzene rings is 2. The van der Waals surface area contributed by atoms with Crippen LogP contribution in [0.25, 0.3) is 11.5 Å². The van der Waals surface area contributed by atoms with Gasteiger partial charge in [-0.05, 0) is 43.5 Å². The zero-order valence-electron chi connectivity index (χ0n) is 13.6. The Morgan fingerprint density at radius 2 is 1.75 bits per heavy atom. The average molecular weight is 319 g/mol. The Balaban J connectivity index is 1.44. The number of hydrogen-bond acceptors (Lipinski definition) is 4. The summed E-state index contributed by atoms with van der Waals surface area (Å²) in [5.74, 6) is 1.37. The highest BCUT2D eigenvalue weighted by atomic mass is 16.5. The van der Waals surface area contributed by atoms with Gasteiger partial charge >= 0.3 is 0 Å². The summed E-state index contributed by atoms with van der Waals surface area (Å²) >= 11 is 0. The minimum atomic E-state index is 0.561. The summed E-state index contributed by atoms with van der Waals surface area (Å²) in [7, 11) is 0. The van der Waals surface area contributed by atoms with E-state index in [9.17, 15) is 0 Å². The molecule has 0 unspecified atom stereocenters. The fourth-order valence-electron chi connectivity index (χ4n) is 3.42. The van der Waals surface area contributed by atoms with Crippen LogP contribution in [0, 0.1) is 0 Å². The molecule has 0 radical (unpaired) electrons. The van der Waals surface area contributed by atoms with Crippen LogP contribution in [0.4, 0.5) is 0 Å². The van der Waals surface area contributed by atoms with Gasteiger partial charge in [0.2, 0.25) is 0 Å². The molecule has 0 aliphatic carbocycles. The number of likely N-dealkylation sites (tertiary alicyclic amines) is 1. The van der Waals surface area contributed by atoms with Gasteiger partial charge < -0.3 is 4.52 Å². The Hall–Kier alpha value is -2.46. The molecule has 1 saturated heterocycles. The second kappa shape index (κ2) is 6.97. The fourth-order valence-corrected chi connectivity index (χ4v) is 3.42. The molecule has 1 atom stereocenters. The maximum absolute atomic E-state index is 5.43. The minimum absolute atomic E-state index is 0.561. The molecule has 0 spiro atoms. The summed E-state index contributed by atoms with van der Waals surface area (Å²) in [6, 6.07) is 21.2. The van der Waals surface area contributed by atoms with Gasteiger partial charge in [0.25, 0.3) is 5.89 Å². The van der Waals surface area contributed by atoms with Crippen LogP contribution in [-0.4, -0.2) is 27.6 Å². The average Bonchev–Trinajstić information content (AvgIpc) is 3.27. The van der Waals surface area contributed by atoms with E-state index in [0.717, 1.165) is 30.9 Å². The third-order valence-electron chi connectivity index (χ3n) is 4.65. The zero-order chi connectivity index (χ0) is 16.2. The second-order valence-corrected chi connectivity index (χ2v) is 6.34. The van der Waals surface area contributed by atoms with Crippen molar-refractivity contribution in [2.75, 3.05) is 6.54 Å². The lowest BCUT2D eigenvalue weighted by atomic mass is 10.0. The number of nitrogens with zero attached hydrogens (tertiary/aromatic N) is 3. The predicted octanol–water partition coefficient (Wildman–Crippen LogP) is 3.94. The van der Waals surface area contributed by atoms with Crippen molar-refractivity contribution in [1.82, 2.24) is 15.0 Å². The first-order valence-electron chi connectivity index (χ1n) is 8.54. The van der Waals surface area contributed by atoms with E-state index in [1.807, 2.05) is 30.3 Å². The first-order valence-corrected chi connectivity index (χ1v) is 8.54. The Morgan fingerprint density at radius 1 is 1.00 bits per heavy atom. The van der Waals surface area contributed by atoms with Crippen LogP contribution in [-0.2, 0) is 13.0 Å². The van der Waals surface area contributed by atoms with Crippen molar-refractivity contribution in [3.8, 4) is 11.5 Å². The van der Waals surface area contributed by atoms with Gasteiger partial charge in [-0.3, -0.25) is 4.90 Å². The van der Waals surface area contributed by atoms with Gasteiger partial charge in [-0.25, -0.2) is 0 Å². The van der Waals surface area contributed by atoms with Gasteiger partial charge in [0.1, 0.15) is 0 Å². The first-order chi connectivity index (χ1) is 11.9. The van der Waals surface area contributed by atoms with E-state index in [-0.39, 0.29) is 0 Å². The molecule has 0 amide bonds. The van der Waals surface area contributed by atoms with Gasteiger partial charge in [-0.1, -0.05) is 53.7 Å². The molecule has 4 nitrogen and oxygen atoms in total. The fraction of sp³-hybridized carbons (Fsp3) is 0.300. The van der Waals surface area contributed by atoms with E-state index in [1.165, 1.54) is 18.4 Å². The normalized spacial score (nSPS) is 18.1. The van der Waals surface area contributed by atoms with Crippen molar-refractivity contribution in [3.05, 3.63) is 72.1 Å². The van der Waals surface area contributed by atoms with Gasteiger partial charge in [0, 0.05) is 11.6 Å². The zero-order valence-corrected chi connectivity index (χ0v) is 13.6. The SMILES string of the molecule is c1ccc(C[C@@H]2CCCN2Cc2noc(-c3ccccc3)n2)cc1. The molecule has 2 heterocycles. The van der Waals surface area contributed by atoms with Crippen LogP contribution >= 0.6 is 0 Å². The van der Waals surface area contributed by atoms with Crippen molar-refractivity contribution < 1.29 is 4.52 Å². The summed E-state index contributed by atoms with van der Waals surface area (Å²) < 4.78 is 5.43. The second-order valence-electron chi connectivity index (χ2n) is 6.34. The molecule has 3 aromatic rings. The summed E-state index contributed by atoms with van der Waals surface area (Å²) in [4.78, 5) is 7.04. The van der Waals surface area contributed by atoms with Crippen LogP contribution in [0.15, 0.2) is 65.2 Å². The molecular formula is C20H21N3O. The highest BCUT2D eigenvalue weighted by Gasteiger charge is 2.26. The molecule has 1 fully saturated rings. The molecule has 0 saturated carbocycles. The highest BCUT2D eigenvalue weighted by Crippen LogP contribution is 2.23. The van der Waals surface area contributed by atoms with E-state index in [1.54, 1.807) is 0 Å². The van der Waals surface area contributed by atoms with Gasteiger partial charge in [0.05, 0.1) is 6.54 Å². The molecule has 1 aliphatic heterocycles. The van der Waals surface area contributed by atoms with Crippen LogP contribution in [0.2, 0.25) is 0 Å². The molecule has 4 rings (SSSR count). The minimum Gasteiger partial charge on any atom is -0.334 e. The largest absolute Gasteiger partial charge is 0.334 e. The van der Waals surface area contributed by atoms with Gasteiger partial charge in [0.15, 0.2) is 5.82 Å². The molecule has 4 heteroatoms. The number of rotatable bonds is 5. The summed E-state index contributed by atoms with van der Waals surface area (Å²) in [5, 5.41) is 4.17. The number of aromatic nitrogens is 2. The van der Waals surface area contributed by atoms with Crippen LogP contribution in [0.1, 0.15) is 24.2 Å². The van der Waals surface area contributed by atoms with Gasteiger partial charge in [-0.2, -0.15) is 4.98 Å². The summed E-state index contributed by atoms with van der Waals surface area (Å²) in [5.41, 5.74) is 2.37. The maximum atomic E-state index is 5.43. The Kier molecular flexibility index (Phi) is 4.38. The molecule has 2 aromatic carbocycles. The summed E-state index contributed by atoms with van der Waals surface area (Å²) in [6.45, 7) is 1.86. The van der Waals surface area contributed by atoms with Crippen LogP contribution in [0.3, 0.4) is 0 Å². The molecular weight excluding hydrogens is 298 g/mol. The lowest BCUT2D eigenvalue weighted by molar-refractivity contribution is 0.234.